The lowest BCUT2D eigenvalue weighted by Gasteiger charge is -2.22. The number of nitrogens with one attached hydrogen (secondary N) is 2. The third-order valence-electron chi connectivity index (χ3n) is 5.69. The number of benzene rings is 2. The van der Waals surface area contributed by atoms with Crippen LogP contribution in [0.2, 0.25) is 0 Å². The number of carbonyl (C=O) groups excluding carboxylic acids is 2. The molecule has 0 bridgehead atoms. The van der Waals surface area contributed by atoms with Gasteiger partial charge in [0.15, 0.2) is 0 Å². The fraction of sp³-hybridized carbons (Fsp3) is 0.417. The summed E-state index contributed by atoms with van der Waals surface area (Å²) in [5.74, 6) is -0.238. The van der Waals surface area contributed by atoms with E-state index in [0.29, 0.717) is 11.1 Å². The highest BCUT2D eigenvalue weighted by molar-refractivity contribution is 6.05. The zero-order chi connectivity index (χ0) is 20.8. The molecule has 5 heteroatoms. The second-order valence-electron chi connectivity index (χ2n) is 7.66. The number of anilines is 2. The molecule has 0 saturated heterocycles. The molecule has 2 N–H and O–H groups in total. The lowest BCUT2D eigenvalue weighted by atomic mass is 10.1. The molecule has 1 saturated carbocycles. The Morgan fingerprint density at radius 2 is 1.52 bits per heavy atom. The van der Waals surface area contributed by atoms with Crippen molar-refractivity contribution < 1.29 is 9.59 Å². The van der Waals surface area contributed by atoms with Gasteiger partial charge in [-0.3, -0.25) is 9.59 Å². The summed E-state index contributed by atoms with van der Waals surface area (Å²) in [5.41, 5.74) is 4.11. The third kappa shape index (κ3) is 5.17. The van der Waals surface area contributed by atoms with Gasteiger partial charge in [0.1, 0.15) is 0 Å². The predicted molar refractivity (Wildman–Crippen MR) is 119 cm³/mol. The molecule has 0 heterocycles. The van der Waals surface area contributed by atoms with Crippen LogP contribution in [0.1, 0.15) is 65.8 Å². The molecule has 154 valence electrons. The van der Waals surface area contributed by atoms with Crippen molar-refractivity contribution in [2.45, 2.75) is 52.5 Å². The molecule has 1 aliphatic carbocycles. The molecule has 2 amide bonds. The van der Waals surface area contributed by atoms with Crippen LogP contribution >= 0.6 is 0 Å². The molecule has 0 aromatic heterocycles. The van der Waals surface area contributed by atoms with Gasteiger partial charge >= 0.3 is 0 Å². The van der Waals surface area contributed by atoms with E-state index in [0.717, 1.165) is 42.9 Å². The topological polar surface area (TPSA) is 61.4 Å². The Morgan fingerprint density at radius 3 is 2.07 bits per heavy atom. The molecule has 2 aromatic rings. The van der Waals surface area contributed by atoms with Gasteiger partial charge in [0.2, 0.25) is 0 Å². The van der Waals surface area contributed by atoms with Crippen molar-refractivity contribution in [2.24, 2.45) is 0 Å². The van der Waals surface area contributed by atoms with Gasteiger partial charge in [0.25, 0.3) is 11.8 Å². The first-order valence-electron chi connectivity index (χ1n) is 10.6. The molecule has 0 spiro atoms. The minimum atomic E-state index is -0.175. The zero-order valence-corrected chi connectivity index (χ0v) is 17.6. The van der Waals surface area contributed by atoms with Crippen molar-refractivity contribution in [1.29, 1.82) is 0 Å². The Balaban J connectivity index is 1.64. The van der Waals surface area contributed by atoms with Crippen molar-refractivity contribution in [3.05, 3.63) is 59.2 Å². The fourth-order valence-corrected chi connectivity index (χ4v) is 3.88. The van der Waals surface area contributed by atoms with E-state index in [1.165, 1.54) is 12.8 Å². The standard InChI is InChI=1S/C24H31N3O2/c1-4-27(5-2)21-14-15-22(17(3)16-21)26-24(29)19-12-10-18(11-13-19)23(28)25-20-8-6-7-9-20/h10-16,20H,4-9H2,1-3H3,(H,25,28)(H,26,29). The number of aryl methyl sites for hydroxylation is 1. The van der Waals surface area contributed by atoms with E-state index in [9.17, 15) is 9.59 Å². The summed E-state index contributed by atoms with van der Waals surface area (Å²) in [6.45, 7) is 8.15. The predicted octanol–water partition coefficient (Wildman–Crippen LogP) is 4.77. The average Bonchev–Trinajstić information content (AvgIpc) is 3.24. The SMILES string of the molecule is CCN(CC)c1ccc(NC(=O)c2ccc(C(=O)NC3CCCC3)cc2)c(C)c1. The van der Waals surface area contributed by atoms with Crippen LogP contribution in [-0.4, -0.2) is 30.9 Å². The summed E-state index contributed by atoms with van der Waals surface area (Å²) in [5, 5.41) is 6.05. The molecule has 5 nitrogen and oxygen atoms in total. The monoisotopic (exact) mass is 393 g/mol. The lowest BCUT2D eigenvalue weighted by molar-refractivity contribution is 0.0936. The number of hydrogen-bond acceptors (Lipinski definition) is 3. The smallest absolute Gasteiger partial charge is 0.255 e. The van der Waals surface area contributed by atoms with Crippen LogP contribution in [0.4, 0.5) is 11.4 Å². The maximum Gasteiger partial charge on any atom is 0.255 e. The fourth-order valence-electron chi connectivity index (χ4n) is 3.88. The average molecular weight is 394 g/mol. The van der Waals surface area contributed by atoms with Gasteiger partial charge in [0, 0.05) is 41.6 Å². The minimum Gasteiger partial charge on any atom is -0.372 e. The van der Waals surface area contributed by atoms with Gasteiger partial charge < -0.3 is 15.5 Å². The maximum absolute atomic E-state index is 12.6. The Morgan fingerprint density at radius 1 is 0.931 bits per heavy atom. The van der Waals surface area contributed by atoms with E-state index in [4.69, 9.17) is 0 Å². The van der Waals surface area contributed by atoms with Crippen LogP contribution in [0.15, 0.2) is 42.5 Å². The van der Waals surface area contributed by atoms with Gasteiger partial charge in [-0.25, -0.2) is 0 Å². The molecular formula is C24H31N3O2. The second-order valence-corrected chi connectivity index (χ2v) is 7.66. The number of amides is 2. The van der Waals surface area contributed by atoms with Crippen LogP contribution in [0.3, 0.4) is 0 Å². The first-order chi connectivity index (χ1) is 14.0. The van der Waals surface area contributed by atoms with Crippen molar-refractivity contribution in [1.82, 2.24) is 5.32 Å². The Kier molecular flexibility index (Phi) is 6.91. The van der Waals surface area contributed by atoms with Gasteiger partial charge in [-0.05, 0) is 81.6 Å². The maximum atomic E-state index is 12.6. The molecule has 0 unspecified atom stereocenters. The van der Waals surface area contributed by atoms with E-state index in [2.05, 4.69) is 35.4 Å². The van der Waals surface area contributed by atoms with Gasteiger partial charge in [-0.2, -0.15) is 0 Å². The second kappa shape index (κ2) is 9.59. The molecule has 0 atom stereocenters. The normalized spacial score (nSPS) is 13.9. The number of carbonyl (C=O) groups is 2. The first kappa shape index (κ1) is 20.9. The van der Waals surface area contributed by atoms with Crippen LogP contribution in [0, 0.1) is 6.92 Å². The molecule has 0 aliphatic heterocycles. The molecular weight excluding hydrogens is 362 g/mol. The van der Waals surface area contributed by atoms with E-state index in [-0.39, 0.29) is 17.9 Å². The summed E-state index contributed by atoms with van der Waals surface area (Å²) in [7, 11) is 0. The van der Waals surface area contributed by atoms with E-state index < -0.39 is 0 Å². The molecule has 3 rings (SSSR count). The van der Waals surface area contributed by atoms with Crippen LogP contribution < -0.4 is 15.5 Å². The van der Waals surface area contributed by atoms with Crippen LogP contribution in [-0.2, 0) is 0 Å². The molecule has 29 heavy (non-hydrogen) atoms. The number of nitrogens with zero attached hydrogens (tertiary/aromatic N) is 1. The largest absolute Gasteiger partial charge is 0.372 e. The quantitative estimate of drug-likeness (QED) is 0.712. The Bertz CT molecular complexity index is 851. The van der Waals surface area contributed by atoms with Crippen molar-refractivity contribution in [3.8, 4) is 0 Å². The highest BCUT2D eigenvalue weighted by atomic mass is 16.2. The molecule has 1 aliphatic rings. The van der Waals surface area contributed by atoms with Crippen molar-refractivity contribution in [2.75, 3.05) is 23.3 Å². The Labute approximate surface area is 173 Å². The summed E-state index contributed by atoms with van der Waals surface area (Å²) < 4.78 is 0. The third-order valence-corrected chi connectivity index (χ3v) is 5.69. The van der Waals surface area contributed by atoms with Gasteiger partial charge in [0.05, 0.1) is 0 Å². The molecule has 2 aromatic carbocycles. The van der Waals surface area contributed by atoms with Crippen molar-refractivity contribution in [3.63, 3.8) is 0 Å². The number of hydrogen-bond donors (Lipinski definition) is 2. The minimum absolute atomic E-state index is 0.0632. The van der Waals surface area contributed by atoms with Crippen LogP contribution in [0.5, 0.6) is 0 Å². The summed E-state index contributed by atoms with van der Waals surface area (Å²) in [6, 6.07) is 13.2. The lowest BCUT2D eigenvalue weighted by Crippen LogP contribution is -2.32. The Hall–Kier alpha value is -2.82. The van der Waals surface area contributed by atoms with Crippen molar-refractivity contribution >= 4 is 23.2 Å². The van der Waals surface area contributed by atoms with Crippen LogP contribution in [0.25, 0.3) is 0 Å². The van der Waals surface area contributed by atoms with Gasteiger partial charge in [-0.1, -0.05) is 12.8 Å². The van der Waals surface area contributed by atoms with E-state index in [1.54, 1.807) is 24.3 Å². The summed E-state index contributed by atoms with van der Waals surface area (Å²) in [4.78, 5) is 27.2. The number of rotatable bonds is 7. The van der Waals surface area contributed by atoms with Gasteiger partial charge in [-0.15, -0.1) is 0 Å². The summed E-state index contributed by atoms with van der Waals surface area (Å²) in [6.07, 6.45) is 4.47. The molecule has 0 radical (unpaired) electrons. The zero-order valence-electron chi connectivity index (χ0n) is 17.6. The van der Waals surface area contributed by atoms with E-state index >= 15 is 0 Å². The molecule has 1 fully saturated rings. The highest BCUT2D eigenvalue weighted by Crippen LogP contribution is 2.23. The summed E-state index contributed by atoms with van der Waals surface area (Å²) >= 11 is 0. The van der Waals surface area contributed by atoms with E-state index in [1.807, 2.05) is 19.1 Å². The first-order valence-corrected chi connectivity index (χ1v) is 10.6. The highest BCUT2D eigenvalue weighted by Gasteiger charge is 2.18.